The number of rotatable bonds is 17. The van der Waals surface area contributed by atoms with E-state index in [9.17, 15) is 19.2 Å². The van der Waals surface area contributed by atoms with Crippen LogP contribution in [0.3, 0.4) is 0 Å². The van der Waals surface area contributed by atoms with E-state index in [0.717, 1.165) is 40.1 Å². The van der Waals surface area contributed by atoms with Crippen LogP contribution in [-0.4, -0.2) is 107 Å². The molecule has 2 heterocycles. The minimum atomic E-state index is -0.757. The summed E-state index contributed by atoms with van der Waals surface area (Å²) in [5.41, 5.74) is 5.14. The molecule has 4 amide bonds. The van der Waals surface area contributed by atoms with Crippen LogP contribution in [0.4, 0.5) is 9.59 Å². The van der Waals surface area contributed by atoms with Crippen LogP contribution in [0.1, 0.15) is 76.8 Å². The summed E-state index contributed by atoms with van der Waals surface area (Å²) in [7, 11) is 4.37. The zero-order valence-corrected chi connectivity index (χ0v) is 34.9. The van der Waals surface area contributed by atoms with Crippen molar-refractivity contribution in [3.8, 4) is 34.4 Å². The second-order valence-corrected chi connectivity index (χ2v) is 14.6. The van der Waals surface area contributed by atoms with Gasteiger partial charge in [0.25, 0.3) is 0 Å². The summed E-state index contributed by atoms with van der Waals surface area (Å²) in [5, 5.41) is 8.43. The molecule has 5 N–H and O–H groups in total. The van der Waals surface area contributed by atoms with Gasteiger partial charge in [-0.1, -0.05) is 70.7 Å². The van der Waals surface area contributed by atoms with E-state index in [-0.39, 0.29) is 30.2 Å². The number of hydrogen-bond donors (Lipinski definition) is 5. The minimum Gasteiger partial charge on any atom is -0.453 e. The molecule has 0 aliphatic rings. The lowest BCUT2D eigenvalue weighted by atomic mass is 10.0. The lowest BCUT2D eigenvalue weighted by molar-refractivity contribution is -0.137. The second kappa shape index (κ2) is 21.4. The van der Waals surface area contributed by atoms with Crippen LogP contribution in [0.2, 0.25) is 0 Å². The number of aromatic amines is 2. The SMILES string of the molecule is CCCN(Cc1ncc(-c2ccc(C#Cc3ccc(-c4cnc([C@H](C)N(CCNC)C(=O)[C@@H](NC(=O)OC)C(C)C)[nH]4)cc3)cc2)[nH]1)C(=O)[C@@H](NC(=O)OC)C(C)C. The first-order valence-electron chi connectivity index (χ1n) is 19.5. The molecule has 58 heavy (non-hydrogen) atoms. The third kappa shape index (κ3) is 11.9. The van der Waals surface area contributed by atoms with Gasteiger partial charge in [-0.3, -0.25) is 9.59 Å². The highest BCUT2D eigenvalue weighted by Gasteiger charge is 2.33. The Morgan fingerprint density at radius 3 is 1.71 bits per heavy atom. The molecule has 4 aromatic rings. The monoisotopic (exact) mass is 795 g/mol. The topological polar surface area (TPSA) is 187 Å². The predicted molar refractivity (Wildman–Crippen MR) is 222 cm³/mol. The molecule has 0 unspecified atom stereocenters. The number of hydrogen-bond acceptors (Lipinski definition) is 9. The second-order valence-electron chi connectivity index (χ2n) is 14.6. The Labute approximate surface area is 341 Å². The Morgan fingerprint density at radius 2 is 1.22 bits per heavy atom. The number of benzene rings is 2. The van der Waals surface area contributed by atoms with Crippen LogP contribution in [-0.2, 0) is 25.6 Å². The van der Waals surface area contributed by atoms with Gasteiger partial charge >= 0.3 is 12.2 Å². The van der Waals surface area contributed by atoms with E-state index in [4.69, 9.17) is 9.47 Å². The van der Waals surface area contributed by atoms with Crippen molar-refractivity contribution in [2.75, 3.05) is 40.9 Å². The van der Waals surface area contributed by atoms with E-state index >= 15 is 0 Å². The smallest absolute Gasteiger partial charge is 0.407 e. The fraction of sp³-hybridized carbons (Fsp3) is 0.442. The quantitative estimate of drug-likeness (QED) is 0.0864. The molecule has 15 nitrogen and oxygen atoms in total. The van der Waals surface area contributed by atoms with Crippen molar-refractivity contribution in [2.45, 2.75) is 72.6 Å². The Hall–Kier alpha value is -6.14. The number of aromatic nitrogens is 4. The first kappa shape index (κ1) is 44.6. The number of alkyl carbamates (subject to hydrolysis) is 2. The van der Waals surface area contributed by atoms with Gasteiger partial charge in [-0.2, -0.15) is 0 Å². The van der Waals surface area contributed by atoms with Crippen molar-refractivity contribution in [1.82, 2.24) is 45.7 Å². The summed E-state index contributed by atoms with van der Waals surface area (Å²) < 4.78 is 9.49. The molecule has 15 heteroatoms. The first-order chi connectivity index (χ1) is 27.8. The van der Waals surface area contributed by atoms with Gasteiger partial charge in [-0.05, 0) is 67.6 Å². The number of nitrogens with one attached hydrogen (secondary N) is 5. The molecule has 0 saturated carbocycles. The van der Waals surface area contributed by atoms with Gasteiger partial charge in [0.2, 0.25) is 11.8 Å². The van der Waals surface area contributed by atoms with Crippen molar-refractivity contribution >= 4 is 24.0 Å². The van der Waals surface area contributed by atoms with Crippen LogP contribution in [0.25, 0.3) is 22.5 Å². The molecule has 0 aliphatic carbocycles. The van der Waals surface area contributed by atoms with Gasteiger partial charge in [0.05, 0.1) is 50.6 Å². The van der Waals surface area contributed by atoms with E-state index in [2.05, 4.69) is 47.7 Å². The lowest BCUT2D eigenvalue weighted by Crippen LogP contribution is -2.53. The molecule has 0 spiro atoms. The first-order valence-corrected chi connectivity index (χ1v) is 19.5. The molecule has 0 fully saturated rings. The summed E-state index contributed by atoms with van der Waals surface area (Å²) in [6.07, 6.45) is 2.94. The zero-order valence-electron chi connectivity index (χ0n) is 34.9. The van der Waals surface area contributed by atoms with Crippen LogP contribution in [0, 0.1) is 23.7 Å². The van der Waals surface area contributed by atoms with E-state index in [1.165, 1.54) is 14.2 Å². The fourth-order valence-electron chi connectivity index (χ4n) is 6.26. The highest BCUT2D eigenvalue weighted by Crippen LogP contribution is 2.25. The molecular weight excluding hydrogens is 739 g/mol. The molecule has 0 radical (unpaired) electrons. The molecule has 0 bridgehead atoms. The van der Waals surface area contributed by atoms with Gasteiger partial charge in [0, 0.05) is 30.8 Å². The van der Waals surface area contributed by atoms with E-state index in [1.54, 1.807) is 22.2 Å². The molecule has 2 aromatic heterocycles. The number of amides is 4. The van der Waals surface area contributed by atoms with Crippen molar-refractivity contribution in [2.24, 2.45) is 11.8 Å². The average Bonchev–Trinajstić information content (AvgIpc) is 3.91. The number of methoxy groups -OCH3 is 2. The Balaban J connectivity index is 1.41. The van der Waals surface area contributed by atoms with Crippen LogP contribution >= 0.6 is 0 Å². The summed E-state index contributed by atoms with van der Waals surface area (Å²) in [6, 6.07) is 13.8. The average molecular weight is 796 g/mol. The molecule has 0 saturated heterocycles. The number of H-pyrrole nitrogens is 2. The van der Waals surface area contributed by atoms with Crippen LogP contribution < -0.4 is 16.0 Å². The molecule has 4 rings (SSSR count). The molecular formula is C43H57N9O6. The zero-order chi connectivity index (χ0) is 42.4. The van der Waals surface area contributed by atoms with Gasteiger partial charge in [0.1, 0.15) is 23.7 Å². The maximum absolute atomic E-state index is 13.7. The Morgan fingerprint density at radius 1 is 0.724 bits per heavy atom. The number of carbonyl (C=O) groups excluding carboxylic acids is 4. The van der Waals surface area contributed by atoms with Crippen LogP contribution in [0.15, 0.2) is 60.9 Å². The number of likely N-dealkylation sites (N-methyl/N-ethyl adjacent to an activating group) is 1. The van der Waals surface area contributed by atoms with Crippen molar-refractivity contribution < 1.29 is 28.7 Å². The highest BCUT2D eigenvalue weighted by molar-refractivity contribution is 5.87. The van der Waals surface area contributed by atoms with E-state index in [0.29, 0.717) is 31.3 Å². The van der Waals surface area contributed by atoms with Crippen molar-refractivity contribution in [3.05, 3.63) is 83.7 Å². The largest absolute Gasteiger partial charge is 0.453 e. The summed E-state index contributed by atoms with van der Waals surface area (Å²) in [6.45, 7) is 13.2. The summed E-state index contributed by atoms with van der Waals surface area (Å²) >= 11 is 0. The molecule has 3 atom stereocenters. The van der Waals surface area contributed by atoms with Gasteiger partial charge in [-0.15, -0.1) is 0 Å². The third-order valence-electron chi connectivity index (χ3n) is 9.64. The lowest BCUT2D eigenvalue weighted by Gasteiger charge is -2.33. The Bertz CT molecular complexity index is 2030. The summed E-state index contributed by atoms with van der Waals surface area (Å²) in [4.78, 5) is 70.3. The standard InChI is InChI=1S/C43H57N9O6/c1-10-22-51(40(53)37(27(2)3)49-42(55)57-8)26-36-45-24-34(47-36)32-17-13-30(14-18-32)11-12-31-15-19-33(20-16-31)35-25-46-39(48-35)29(6)52(23-21-44-7)41(54)38(28(4)5)50-43(56)58-9/h13-20,24-25,27-29,37-38,44H,10,21-23,26H2,1-9H3,(H,45,47)(H,46,48)(H,49,55)(H,50,56)/t29-,37-,38-/m0/s1. The number of imidazole rings is 2. The van der Waals surface area contributed by atoms with Crippen LogP contribution in [0.5, 0.6) is 0 Å². The number of carbonyl (C=O) groups is 4. The van der Waals surface area contributed by atoms with E-state index in [1.807, 2.05) is 97.1 Å². The normalized spacial score (nSPS) is 12.5. The van der Waals surface area contributed by atoms with E-state index < -0.39 is 30.3 Å². The minimum absolute atomic E-state index is 0.126. The molecule has 310 valence electrons. The highest BCUT2D eigenvalue weighted by atomic mass is 16.5. The number of ether oxygens (including phenoxy) is 2. The summed E-state index contributed by atoms with van der Waals surface area (Å²) in [5.74, 6) is 7.03. The van der Waals surface area contributed by atoms with Crippen molar-refractivity contribution in [3.63, 3.8) is 0 Å². The number of nitrogens with zero attached hydrogens (tertiary/aromatic N) is 4. The van der Waals surface area contributed by atoms with Gasteiger partial charge in [0.15, 0.2) is 0 Å². The predicted octanol–water partition coefficient (Wildman–Crippen LogP) is 5.48. The maximum atomic E-state index is 13.7. The molecule has 2 aromatic carbocycles. The van der Waals surface area contributed by atoms with Crippen molar-refractivity contribution in [1.29, 1.82) is 0 Å². The third-order valence-corrected chi connectivity index (χ3v) is 9.64. The fourth-order valence-corrected chi connectivity index (χ4v) is 6.26. The van der Waals surface area contributed by atoms with Gasteiger partial charge in [-0.25, -0.2) is 19.6 Å². The Kier molecular flexibility index (Phi) is 16.4. The van der Waals surface area contributed by atoms with Gasteiger partial charge < -0.3 is 45.2 Å². The molecule has 0 aliphatic heterocycles. The maximum Gasteiger partial charge on any atom is 0.407 e.